The van der Waals surface area contributed by atoms with Crippen LogP contribution in [0, 0.1) is 0 Å². The van der Waals surface area contributed by atoms with Crippen LogP contribution >= 0.6 is 11.6 Å². The predicted octanol–water partition coefficient (Wildman–Crippen LogP) is 4.03. The van der Waals surface area contributed by atoms with E-state index in [1.165, 1.54) is 0 Å². The average molecular weight is 319 g/mol. The van der Waals surface area contributed by atoms with Crippen LogP contribution in [0.25, 0.3) is 6.08 Å². The number of imidazole rings is 1. The van der Waals surface area contributed by atoms with Gasteiger partial charge < -0.3 is 9.67 Å². The predicted molar refractivity (Wildman–Crippen MR) is 88.1 cm³/mol. The first-order valence-corrected chi connectivity index (χ1v) is 7.68. The summed E-state index contributed by atoms with van der Waals surface area (Å²) < 4.78 is 2.02. The Kier molecular flexibility index (Phi) is 5.78. The van der Waals surface area contributed by atoms with Crippen molar-refractivity contribution in [1.29, 1.82) is 0 Å². The van der Waals surface area contributed by atoms with Gasteiger partial charge in [0, 0.05) is 17.5 Å². The SMILES string of the molecule is CCCCc1ncc(/C=C/C(=O)O)n1Cc1ccccc1Cl. The molecule has 0 radical (unpaired) electrons. The zero-order valence-corrected chi connectivity index (χ0v) is 13.3. The first-order valence-electron chi connectivity index (χ1n) is 7.30. The summed E-state index contributed by atoms with van der Waals surface area (Å²) in [7, 11) is 0. The van der Waals surface area contributed by atoms with Crippen molar-refractivity contribution in [3.63, 3.8) is 0 Å². The van der Waals surface area contributed by atoms with Gasteiger partial charge in [-0.3, -0.25) is 0 Å². The smallest absolute Gasteiger partial charge is 0.328 e. The molecule has 2 rings (SSSR count). The van der Waals surface area contributed by atoms with Gasteiger partial charge in [-0.15, -0.1) is 0 Å². The molecule has 1 aromatic carbocycles. The van der Waals surface area contributed by atoms with E-state index in [2.05, 4.69) is 11.9 Å². The molecule has 0 atom stereocenters. The maximum atomic E-state index is 10.7. The number of unbranched alkanes of at least 4 members (excludes halogenated alkanes) is 1. The van der Waals surface area contributed by atoms with E-state index in [-0.39, 0.29) is 0 Å². The van der Waals surface area contributed by atoms with Gasteiger partial charge in [-0.2, -0.15) is 0 Å². The van der Waals surface area contributed by atoms with Gasteiger partial charge in [0.05, 0.1) is 18.4 Å². The highest BCUT2D eigenvalue weighted by Crippen LogP contribution is 2.19. The summed E-state index contributed by atoms with van der Waals surface area (Å²) in [5.41, 5.74) is 1.76. The maximum Gasteiger partial charge on any atom is 0.328 e. The first kappa shape index (κ1) is 16.3. The van der Waals surface area contributed by atoms with E-state index in [1.807, 2.05) is 28.8 Å². The number of carboxylic acids is 1. The van der Waals surface area contributed by atoms with Crippen LogP contribution in [0.1, 0.15) is 36.8 Å². The number of hydrogen-bond acceptors (Lipinski definition) is 2. The lowest BCUT2D eigenvalue weighted by atomic mass is 10.2. The quantitative estimate of drug-likeness (QED) is 0.784. The molecule has 0 aliphatic carbocycles. The van der Waals surface area contributed by atoms with Crippen LogP contribution in [-0.4, -0.2) is 20.6 Å². The number of carbonyl (C=O) groups is 1. The number of rotatable bonds is 7. The zero-order valence-electron chi connectivity index (χ0n) is 12.5. The highest BCUT2D eigenvalue weighted by atomic mass is 35.5. The Hall–Kier alpha value is -2.07. The van der Waals surface area contributed by atoms with E-state index in [0.29, 0.717) is 11.6 Å². The van der Waals surface area contributed by atoms with Gasteiger partial charge in [-0.1, -0.05) is 43.1 Å². The number of nitrogens with zero attached hydrogens (tertiary/aromatic N) is 2. The summed E-state index contributed by atoms with van der Waals surface area (Å²) in [5.74, 6) is -0.0209. The monoisotopic (exact) mass is 318 g/mol. The molecule has 0 fully saturated rings. The Balaban J connectivity index is 2.34. The molecule has 1 N–H and O–H groups in total. The van der Waals surface area contributed by atoms with Crippen molar-refractivity contribution < 1.29 is 9.90 Å². The minimum absolute atomic E-state index is 0.581. The molecule has 1 heterocycles. The summed E-state index contributed by atoms with van der Waals surface area (Å²) >= 11 is 6.23. The van der Waals surface area contributed by atoms with Crippen LogP contribution in [0.2, 0.25) is 5.02 Å². The fourth-order valence-electron chi connectivity index (χ4n) is 2.23. The van der Waals surface area contributed by atoms with Gasteiger partial charge in [0.1, 0.15) is 5.82 Å². The summed E-state index contributed by atoms with van der Waals surface area (Å²) in [6.07, 6.45) is 7.40. The number of aliphatic carboxylic acids is 1. The van der Waals surface area contributed by atoms with Crippen molar-refractivity contribution in [2.24, 2.45) is 0 Å². The second-order valence-corrected chi connectivity index (χ2v) is 5.46. The topological polar surface area (TPSA) is 55.1 Å². The lowest BCUT2D eigenvalue weighted by Gasteiger charge is -2.11. The number of carboxylic acid groups (broad SMARTS) is 1. The van der Waals surface area contributed by atoms with Crippen molar-refractivity contribution in [3.8, 4) is 0 Å². The third kappa shape index (κ3) is 4.21. The van der Waals surface area contributed by atoms with Gasteiger partial charge in [-0.25, -0.2) is 9.78 Å². The molecule has 0 amide bonds. The molecular weight excluding hydrogens is 300 g/mol. The Labute approximate surface area is 135 Å². The number of aryl methyl sites for hydroxylation is 1. The largest absolute Gasteiger partial charge is 0.478 e. The van der Waals surface area contributed by atoms with Crippen molar-refractivity contribution in [2.75, 3.05) is 0 Å². The molecule has 116 valence electrons. The summed E-state index contributed by atoms with van der Waals surface area (Å²) in [4.78, 5) is 15.2. The van der Waals surface area contributed by atoms with Crippen LogP contribution in [0.5, 0.6) is 0 Å². The third-order valence-electron chi connectivity index (χ3n) is 3.41. The molecule has 0 aliphatic heterocycles. The first-order chi connectivity index (χ1) is 10.6. The van der Waals surface area contributed by atoms with Crippen molar-refractivity contribution in [2.45, 2.75) is 32.7 Å². The van der Waals surface area contributed by atoms with Crippen LogP contribution in [0.4, 0.5) is 0 Å². The fraction of sp³-hybridized carbons (Fsp3) is 0.294. The van der Waals surface area contributed by atoms with Gasteiger partial charge in [0.2, 0.25) is 0 Å². The molecule has 0 aliphatic rings. The van der Waals surface area contributed by atoms with E-state index in [0.717, 1.165) is 42.4 Å². The van der Waals surface area contributed by atoms with Crippen LogP contribution in [0.15, 0.2) is 36.5 Å². The van der Waals surface area contributed by atoms with E-state index in [9.17, 15) is 4.79 Å². The minimum Gasteiger partial charge on any atom is -0.478 e. The lowest BCUT2D eigenvalue weighted by Crippen LogP contribution is -2.08. The second kappa shape index (κ2) is 7.80. The second-order valence-electron chi connectivity index (χ2n) is 5.05. The summed E-state index contributed by atoms with van der Waals surface area (Å²) in [6.45, 7) is 2.71. The van der Waals surface area contributed by atoms with Crippen LogP contribution in [0.3, 0.4) is 0 Å². The molecule has 2 aromatic rings. The Morgan fingerprint density at radius 3 is 2.86 bits per heavy atom. The minimum atomic E-state index is -0.972. The van der Waals surface area contributed by atoms with Crippen LogP contribution in [-0.2, 0) is 17.8 Å². The third-order valence-corrected chi connectivity index (χ3v) is 3.77. The number of hydrogen-bond donors (Lipinski definition) is 1. The number of aromatic nitrogens is 2. The van der Waals surface area contributed by atoms with Gasteiger partial charge in [0.25, 0.3) is 0 Å². The lowest BCUT2D eigenvalue weighted by molar-refractivity contribution is -0.131. The van der Waals surface area contributed by atoms with Crippen molar-refractivity contribution >= 4 is 23.6 Å². The standard InChI is InChI=1S/C17H19ClN2O2/c1-2-3-8-16-19-11-14(9-10-17(21)22)20(16)12-13-6-4-5-7-15(13)18/h4-7,9-11H,2-3,8,12H2,1H3,(H,21,22)/b10-9+. The van der Waals surface area contributed by atoms with Crippen molar-refractivity contribution in [3.05, 3.63) is 58.6 Å². The molecule has 22 heavy (non-hydrogen) atoms. The van der Waals surface area contributed by atoms with E-state index in [1.54, 1.807) is 12.3 Å². The van der Waals surface area contributed by atoms with Crippen molar-refractivity contribution in [1.82, 2.24) is 9.55 Å². The Bertz CT molecular complexity index is 677. The maximum absolute atomic E-state index is 10.7. The molecule has 0 bridgehead atoms. The number of benzene rings is 1. The Morgan fingerprint density at radius 1 is 1.41 bits per heavy atom. The van der Waals surface area contributed by atoms with Gasteiger partial charge in [-0.05, 0) is 24.1 Å². The van der Waals surface area contributed by atoms with Gasteiger partial charge >= 0.3 is 5.97 Å². The highest BCUT2D eigenvalue weighted by molar-refractivity contribution is 6.31. The highest BCUT2D eigenvalue weighted by Gasteiger charge is 2.10. The average Bonchev–Trinajstić information content (AvgIpc) is 2.87. The molecule has 1 aromatic heterocycles. The van der Waals surface area contributed by atoms with E-state index >= 15 is 0 Å². The molecule has 0 saturated heterocycles. The van der Waals surface area contributed by atoms with Crippen LogP contribution < -0.4 is 0 Å². The Morgan fingerprint density at radius 2 is 2.18 bits per heavy atom. The zero-order chi connectivity index (χ0) is 15.9. The van der Waals surface area contributed by atoms with E-state index < -0.39 is 5.97 Å². The number of halogens is 1. The molecule has 5 heteroatoms. The normalized spacial score (nSPS) is 11.2. The van der Waals surface area contributed by atoms with E-state index in [4.69, 9.17) is 16.7 Å². The molecule has 0 unspecified atom stereocenters. The summed E-state index contributed by atoms with van der Waals surface area (Å²) in [6, 6.07) is 7.66. The van der Waals surface area contributed by atoms with Gasteiger partial charge in [0.15, 0.2) is 0 Å². The molecule has 0 saturated carbocycles. The molecule has 4 nitrogen and oxygen atoms in total. The summed E-state index contributed by atoms with van der Waals surface area (Å²) in [5, 5.41) is 9.51. The fourth-order valence-corrected chi connectivity index (χ4v) is 2.43. The molecule has 0 spiro atoms. The molecular formula is C17H19ClN2O2.